The Bertz CT molecular complexity index is 930. The van der Waals surface area contributed by atoms with E-state index in [-0.39, 0.29) is 6.54 Å². The number of primary amides is 1. The van der Waals surface area contributed by atoms with Gasteiger partial charge in [0.15, 0.2) is 0 Å². The average molecular weight is 363 g/mol. The number of amides is 2. The van der Waals surface area contributed by atoms with Crippen molar-refractivity contribution in [1.29, 1.82) is 0 Å². The van der Waals surface area contributed by atoms with Crippen LogP contribution >= 0.6 is 0 Å². The van der Waals surface area contributed by atoms with E-state index in [1.54, 1.807) is 42.7 Å². The molecule has 0 aliphatic rings. The van der Waals surface area contributed by atoms with Crippen molar-refractivity contribution >= 4 is 11.8 Å². The fourth-order valence-electron chi connectivity index (χ4n) is 1.92. The summed E-state index contributed by atoms with van der Waals surface area (Å²) in [5.41, 5.74) is 6.64. The van der Waals surface area contributed by atoms with Crippen LogP contribution in [0, 0.1) is 23.7 Å². The molecular weight excluding hydrogens is 346 g/mol. The van der Waals surface area contributed by atoms with Gasteiger partial charge in [-0.2, -0.15) is 0 Å². The SMILES string of the molecule is NC(=O)C(O)(O)CCNC(=O)c1ccc(C#CC#Cc2cccnc2)cc1. The highest BCUT2D eigenvalue weighted by molar-refractivity contribution is 5.94. The predicted molar refractivity (Wildman–Crippen MR) is 97.7 cm³/mol. The summed E-state index contributed by atoms with van der Waals surface area (Å²) in [5.74, 6) is 6.83. The normalized spacial score (nSPS) is 10.0. The van der Waals surface area contributed by atoms with Crippen LogP contribution in [0.2, 0.25) is 0 Å². The second-order valence-corrected chi connectivity index (χ2v) is 5.51. The van der Waals surface area contributed by atoms with E-state index in [4.69, 9.17) is 5.73 Å². The zero-order chi connectivity index (χ0) is 19.7. The van der Waals surface area contributed by atoms with Crippen LogP contribution in [0.1, 0.15) is 27.9 Å². The molecule has 0 aliphatic heterocycles. The van der Waals surface area contributed by atoms with Gasteiger partial charge in [-0.3, -0.25) is 14.6 Å². The van der Waals surface area contributed by atoms with E-state index < -0.39 is 24.0 Å². The van der Waals surface area contributed by atoms with Gasteiger partial charge in [0.05, 0.1) is 0 Å². The van der Waals surface area contributed by atoms with Crippen molar-refractivity contribution in [2.24, 2.45) is 5.73 Å². The fourth-order valence-corrected chi connectivity index (χ4v) is 1.92. The molecule has 0 spiro atoms. The van der Waals surface area contributed by atoms with Gasteiger partial charge in [0, 0.05) is 42.0 Å². The third-order valence-electron chi connectivity index (χ3n) is 3.44. The molecule has 0 atom stereocenters. The van der Waals surface area contributed by atoms with Gasteiger partial charge in [-0.15, -0.1) is 0 Å². The molecular formula is C20H17N3O4. The minimum atomic E-state index is -2.65. The topological polar surface area (TPSA) is 126 Å². The summed E-state index contributed by atoms with van der Waals surface area (Å²) in [6.45, 7) is -0.125. The molecule has 0 unspecified atom stereocenters. The highest BCUT2D eigenvalue weighted by atomic mass is 16.5. The smallest absolute Gasteiger partial charge is 0.277 e. The van der Waals surface area contributed by atoms with Gasteiger partial charge in [0.25, 0.3) is 11.8 Å². The number of aliphatic hydroxyl groups is 2. The average Bonchev–Trinajstić information content (AvgIpc) is 2.66. The number of benzene rings is 1. The maximum Gasteiger partial charge on any atom is 0.277 e. The van der Waals surface area contributed by atoms with Crippen molar-refractivity contribution in [2.45, 2.75) is 12.2 Å². The lowest BCUT2D eigenvalue weighted by Crippen LogP contribution is -2.46. The first-order chi connectivity index (χ1) is 12.9. The van der Waals surface area contributed by atoms with Crippen molar-refractivity contribution in [3.63, 3.8) is 0 Å². The van der Waals surface area contributed by atoms with E-state index in [0.29, 0.717) is 11.1 Å². The van der Waals surface area contributed by atoms with E-state index in [9.17, 15) is 19.8 Å². The zero-order valence-corrected chi connectivity index (χ0v) is 14.3. The summed E-state index contributed by atoms with van der Waals surface area (Å²) in [6, 6.07) is 10.1. The molecule has 0 radical (unpaired) electrons. The highest BCUT2D eigenvalue weighted by Gasteiger charge is 2.30. The second kappa shape index (κ2) is 9.16. The van der Waals surface area contributed by atoms with Gasteiger partial charge in [0.2, 0.25) is 5.79 Å². The first-order valence-corrected chi connectivity index (χ1v) is 7.93. The lowest BCUT2D eigenvalue weighted by Gasteiger charge is -2.17. The summed E-state index contributed by atoms with van der Waals surface area (Å²) in [7, 11) is 0. The Labute approximate surface area is 156 Å². The lowest BCUT2D eigenvalue weighted by molar-refractivity contribution is -0.183. The van der Waals surface area contributed by atoms with Crippen LogP contribution in [-0.2, 0) is 4.79 Å². The van der Waals surface area contributed by atoms with Crippen LogP contribution in [0.25, 0.3) is 0 Å². The second-order valence-electron chi connectivity index (χ2n) is 5.51. The molecule has 1 aromatic carbocycles. The number of aromatic nitrogens is 1. The van der Waals surface area contributed by atoms with Gasteiger partial charge in [-0.25, -0.2) is 0 Å². The van der Waals surface area contributed by atoms with Crippen LogP contribution in [-0.4, -0.2) is 39.3 Å². The number of hydrogen-bond donors (Lipinski definition) is 4. The molecule has 0 saturated carbocycles. The molecule has 2 aromatic rings. The molecule has 27 heavy (non-hydrogen) atoms. The summed E-state index contributed by atoms with van der Waals surface area (Å²) >= 11 is 0. The van der Waals surface area contributed by atoms with Crippen molar-refractivity contribution in [2.75, 3.05) is 6.54 Å². The Kier molecular flexibility index (Phi) is 6.67. The third-order valence-corrected chi connectivity index (χ3v) is 3.44. The Morgan fingerprint density at radius 2 is 1.74 bits per heavy atom. The number of nitrogens with two attached hydrogens (primary N) is 1. The molecule has 0 aliphatic carbocycles. The van der Waals surface area contributed by atoms with E-state index in [1.165, 1.54) is 0 Å². The molecule has 0 saturated heterocycles. The first-order valence-electron chi connectivity index (χ1n) is 7.93. The zero-order valence-electron chi connectivity index (χ0n) is 14.3. The summed E-state index contributed by atoms with van der Waals surface area (Å²) in [6.07, 6.45) is 2.90. The van der Waals surface area contributed by atoms with Crippen molar-refractivity contribution in [3.8, 4) is 23.7 Å². The molecule has 7 heteroatoms. The molecule has 0 fully saturated rings. The fraction of sp³-hybridized carbons (Fsp3) is 0.150. The number of pyridine rings is 1. The number of carbonyl (C=O) groups is 2. The standard InChI is InChI=1S/C20H17N3O4/c21-19(25)20(26,27)11-13-23-18(24)17-9-7-15(8-10-17)4-1-2-5-16-6-3-12-22-14-16/h3,6-10,12,14,26-27H,11,13H2,(H2,21,25)(H,23,24). The number of nitrogens with one attached hydrogen (secondary N) is 1. The van der Waals surface area contributed by atoms with Crippen molar-refractivity contribution in [1.82, 2.24) is 10.3 Å². The van der Waals surface area contributed by atoms with Gasteiger partial charge in [0.1, 0.15) is 0 Å². The summed E-state index contributed by atoms with van der Waals surface area (Å²) < 4.78 is 0. The predicted octanol–water partition coefficient (Wildman–Crippen LogP) is -0.229. The monoisotopic (exact) mass is 363 g/mol. The van der Waals surface area contributed by atoms with Crippen LogP contribution in [0.4, 0.5) is 0 Å². The number of nitrogens with zero attached hydrogens (tertiary/aromatic N) is 1. The molecule has 5 N–H and O–H groups in total. The quantitative estimate of drug-likeness (QED) is 0.431. The number of carbonyl (C=O) groups excluding carboxylic acids is 2. The van der Waals surface area contributed by atoms with Crippen LogP contribution in [0.15, 0.2) is 48.8 Å². The molecule has 2 amide bonds. The molecule has 0 bridgehead atoms. The molecule has 1 heterocycles. The van der Waals surface area contributed by atoms with Crippen LogP contribution in [0.5, 0.6) is 0 Å². The molecule has 1 aromatic heterocycles. The van der Waals surface area contributed by atoms with Gasteiger partial charge in [-0.05, 0) is 48.2 Å². The number of hydrogen-bond acceptors (Lipinski definition) is 5. The van der Waals surface area contributed by atoms with E-state index >= 15 is 0 Å². The van der Waals surface area contributed by atoms with E-state index in [2.05, 4.69) is 34.0 Å². The Morgan fingerprint density at radius 1 is 1.07 bits per heavy atom. The van der Waals surface area contributed by atoms with E-state index in [0.717, 1.165) is 5.56 Å². The minimum absolute atomic E-state index is 0.125. The molecule has 136 valence electrons. The van der Waals surface area contributed by atoms with E-state index in [1.807, 2.05) is 6.07 Å². The largest absolute Gasteiger partial charge is 0.365 e. The molecule has 7 nitrogen and oxygen atoms in total. The molecule has 2 rings (SSSR count). The van der Waals surface area contributed by atoms with Gasteiger partial charge >= 0.3 is 0 Å². The lowest BCUT2D eigenvalue weighted by atomic mass is 10.1. The minimum Gasteiger partial charge on any atom is -0.365 e. The van der Waals surface area contributed by atoms with Crippen molar-refractivity contribution < 1.29 is 19.8 Å². The van der Waals surface area contributed by atoms with Crippen LogP contribution < -0.4 is 11.1 Å². The first kappa shape index (κ1) is 19.7. The van der Waals surface area contributed by atoms with Gasteiger partial charge < -0.3 is 21.3 Å². The van der Waals surface area contributed by atoms with Crippen molar-refractivity contribution in [3.05, 3.63) is 65.5 Å². The summed E-state index contributed by atoms with van der Waals surface area (Å²) in [5, 5.41) is 21.0. The maximum absolute atomic E-state index is 12.0. The van der Waals surface area contributed by atoms with Gasteiger partial charge in [-0.1, -0.05) is 11.8 Å². The Balaban J connectivity index is 1.90. The number of rotatable bonds is 5. The maximum atomic E-state index is 12.0. The third kappa shape index (κ3) is 6.29. The Hall–Kier alpha value is -3.65. The highest BCUT2D eigenvalue weighted by Crippen LogP contribution is 2.05. The Morgan fingerprint density at radius 3 is 2.33 bits per heavy atom. The summed E-state index contributed by atoms with van der Waals surface area (Å²) in [4.78, 5) is 26.7. The van der Waals surface area contributed by atoms with Crippen LogP contribution in [0.3, 0.4) is 0 Å².